The lowest BCUT2D eigenvalue weighted by atomic mass is 10.1. The smallest absolute Gasteiger partial charge is 0.184 e. The Labute approximate surface area is 219 Å². The molecule has 0 saturated carbocycles. The van der Waals surface area contributed by atoms with Gasteiger partial charge in [-0.05, 0) is 38.1 Å². The van der Waals surface area contributed by atoms with Crippen LogP contribution in [-0.4, -0.2) is 29.5 Å². The summed E-state index contributed by atoms with van der Waals surface area (Å²) in [5.41, 5.74) is 10.7. The molecule has 6 nitrogen and oxygen atoms in total. The van der Waals surface area contributed by atoms with Gasteiger partial charge in [0.1, 0.15) is 22.4 Å². The largest absolute Gasteiger partial charge is 0.236 e. The van der Waals surface area contributed by atoms with Crippen LogP contribution in [0.15, 0.2) is 109 Å². The van der Waals surface area contributed by atoms with E-state index in [9.17, 15) is 0 Å². The zero-order valence-electron chi connectivity index (χ0n) is 21.1. The van der Waals surface area contributed by atoms with E-state index in [4.69, 9.17) is 20.2 Å². The Morgan fingerprint density at radius 3 is 1.24 bits per heavy atom. The van der Waals surface area contributed by atoms with Crippen molar-refractivity contribution in [2.24, 2.45) is 0 Å². The highest BCUT2D eigenvalue weighted by Gasteiger charge is 2.23. The van der Waals surface area contributed by atoms with E-state index in [-0.39, 0.29) is 0 Å². The highest BCUT2D eigenvalue weighted by atomic mass is 15.4. The number of hydrogen-bond acceptors (Lipinski definition) is 4. The van der Waals surface area contributed by atoms with Gasteiger partial charge in [-0.2, -0.15) is 10.2 Å². The third-order valence-corrected chi connectivity index (χ3v) is 6.76. The van der Waals surface area contributed by atoms with Crippen LogP contribution < -0.4 is 0 Å². The Hall–Kier alpha value is -5.10. The van der Waals surface area contributed by atoms with Crippen LogP contribution in [0.5, 0.6) is 0 Å². The van der Waals surface area contributed by atoms with Crippen molar-refractivity contribution in [1.82, 2.24) is 29.5 Å². The summed E-state index contributed by atoms with van der Waals surface area (Å²) in [7, 11) is 0. The van der Waals surface area contributed by atoms with Crippen molar-refractivity contribution in [1.29, 1.82) is 0 Å². The van der Waals surface area contributed by atoms with Gasteiger partial charge in [-0.15, -0.1) is 0 Å². The molecule has 0 unspecified atom stereocenters. The van der Waals surface area contributed by atoms with Gasteiger partial charge in [0, 0.05) is 11.1 Å². The van der Waals surface area contributed by atoms with E-state index in [2.05, 4.69) is 62.4 Å². The van der Waals surface area contributed by atoms with Crippen LogP contribution in [0.1, 0.15) is 11.1 Å². The highest BCUT2D eigenvalue weighted by Crippen LogP contribution is 2.33. The monoisotopic (exact) mass is 492 g/mol. The molecule has 3 aromatic heterocycles. The highest BCUT2D eigenvalue weighted by molar-refractivity contribution is 5.98. The number of aryl methyl sites for hydroxylation is 2. The van der Waals surface area contributed by atoms with Crippen molar-refractivity contribution < 1.29 is 0 Å². The Kier molecular flexibility index (Phi) is 5.11. The lowest BCUT2D eigenvalue weighted by Gasteiger charge is -2.04. The second-order valence-corrected chi connectivity index (χ2v) is 9.49. The van der Waals surface area contributed by atoms with Gasteiger partial charge in [0.25, 0.3) is 0 Å². The van der Waals surface area contributed by atoms with Crippen LogP contribution in [0.2, 0.25) is 0 Å². The third kappa shape index (κ3) is 3.66. The van der Waals surface area contributed by atoms with E-state index in [1.54, 1.807) is 0 Å². The quantitative estimate of drug-likeness (QED) is 0.263. The Morgan fingerprint density at radius 2 is 0.842 bits per heavy atom. The molecular formula is C32H24N6. The van der Waals surface area contributed by atoms with Gasteiger partial charge >= 0.3 is 0 Å². The molecule has 0 aliphatic carbocycles. The molecule has 0 fully saturated rings. The average molecular weight is 493 g/mol. The van der Waals surface area contributed by atoms with Gasteiger partial charge in [-0.1, -0.05) is 96.1 Å². The van der Waals surface area contributed by atoms with Crippen LogP contribution in [0.4, 0.5) is 0 Å². The molecule has 0 aliphatic rings. The van der Waals surface area contributed by atoms with Gasteiger partial charge in [0.05, 0.1) is 11.4 Å². The maximum absolute atomic E-state index is 5.24. The number of nitrogens with zero attached hydrogens (tertiary/aromatic N) is 6. The molecule has 38 heavy (non-hydrogen) atoms. The Morgan fingerprint density at radius 1 is 0.447 bits per heavy atom. The van der Waals surface area contributed by atoms with Crippen LogP contribution in [0.25, 0.3) is 56.2 Å². The zero-order chi connectivity index (χ0) is 25.6. The number of para-hydroxylation sites is 2. The molecule has 4 aromatic carbocycles. The predicted octanol–water partition coefficient (Wildman–Crippen LogP) is 7.11. The molecule has 0 aliphatic heterocycles. The minimum Gasteiger partial charge on any atom is -0.236 e. The molecule has 6 heteroatoms. The fraction of sp³-hybridized carbons (Fsp3) is 0.0625. The molecule has 0 N–H and O–H groups in total. The van der Waals surface area contributed by atoms with Crippen LogP contribution in [-0.2, 0) is 0 Å². The minimum atomic E-state index is 0.687. The molecule has 0 bridgehead atoms. The maximum Gasteiger partial charge on any atom is 0.184 e. The first-order chi connectivity index (χ1) is 18.7. The van der Waals surface area contributed by atoms with E-state index in [1.807, 2.05) is 70.0 Å². The first kappa shape index (κ1) is 22.1. The molecule has 7 rings (SSSR count). The molecule has 0 amide bonds. The summed E-state index contributed by atoms with van der Waals surface area (Å²) in [6, 6.07) is 36.9. The standard InChI is InChI=1S/C32H24N6/c1-21-13-17-23(18-14-21)27-29-31(37(35-27)25-9-5-3-6-10-25)34-32-30(33-29)28(24-19-15-22(2)16-20-24)36-38(32)26-11-7-4-8-12-26/h3-20H,1-2H3. The van der Waals surface area contributed by atoms with Gasteiger partial charge in [0.2, 0.25) is 0 Å². The molecule has 7 aromatic rings. The minimum absolute atomic E-state index is 0.687. The van der Waals surface area contributed by atoms with Crippen LogP contribution >= 0.6 is 0 Å². The molecule has 0 spiro atoms. The maximum atomic E-state index is 5.24. The Bertz CT molecular complexity index is 1760. The van der Waals surface area contributed by atoms with Crippen molar-refractivity contribution >= 4 is 22.3 Å². The number of fused-ring (bicyclic) bond motifs is 2. The number of hydrogen-bond donors (Lipinski definition) is 0. The summed E-state index contributed by atoms with van der Waals surface area (Å²) in [5.74, 6) is 0. The van der Waals surface area contributed by atoms with Gasteiger partial charge < -0.3 is 0 Å². The summed E-state index contributed by atoms with van der Waals surface area (Å²) < 4.78 is 3.76. The molecule has 182 valence electrons. The summed E-state index contributed by atoms with van der Waals surface area (Å²) in [5, 5.41) is 10.1. The zero-order valence-corrected chi connectivity index (χ0v) is 21.1. The van der Waals surface area contributed by atoms with E-state index >= 15 is 0 Å². The normalized spacial score (nSPS) is 11.4. The average Bonchev–Trinajstić information content (AvgIpc) is 3.52. The summed E-state index contributed by atoms with van der Waals surface area (Å²) in [6.07, 6.45) is 0. The fourth-order valence-corrected chi connectivity index (χ4v) is 4.73. The number of benzene rings is 4. The van der Waals surface area contributed by atoms with E-state index in [0.717, 1.165) is 44.9 Å². The third-order valence-electron chi connectivity index (χ3n) is 6.76. The van der Waals surface area contributed by atoms with E-state index in [1.165, 1.54) is 11.1 Å². The van der Waals surface area contributed by atoms with Crippen LogP contribution in [0, 0.1) is 13.8 Å². The molecule has 0 saturated heterocycles. The summed E-state index contributed by atoms with van der Waals surface area (Å²) in [6.45, 7) is 4.17. The molecule has 0 atom stereocenters. The van der Waals surface area contributed by atoms with Crippen molar-refractivity contribution in [3.63, 3.8) is 0 Å². The van der Waals surface area contributed by atoms with Gasteiger partial charge in [-0.25, -0.2) is 19.3 Å². The molecular weight excluding hydrogens is 468 g/mol. The lowest BCUT2D eigenvalue weighted by molar-refractivity contribution is 0.883. The lowest BCUT2D eigenvalue weighted by Crippen LogP contribution is -2.01. The SMILES string of the molecule is Cc1ccc(-c2nn(-c3ccccc3)c3nc4c(nc23)c(-c2ccc(C)cc2)nn4-c2ccccc2)cc1. The topological polar surface area (TPSA) is 61.4 Å². The number of aromatic nitrogens is 6. The van der Waals surface area contributed by atoms with E-state index in [0.29, 0.717) is 11.3 Å². The van der Waals surface area contributed by atoms with Crippen LogP contribution in [0.3, 0.4) is 0 Å². The van der Waals surface area contributed by atoms with Crippen molar-refractivity contribution in [3.8, 4) is 33.9 Å². The van der Waals surface area contributed by atoms with Crippen molar-refractivity contribution in [2.75, 3.05) is 0 Å². The predicted molar refractivity (Wildman–Crippen MR) is 152 cm³/mol. The fourth-order valence-electron chi connectivity index (χ4n) is 4.73. The summed E-state index contributed by atoms with van der Waals surface area (Å²) in [4.78, 5) is 10.4. The number of rotatable bonds is 4. The Balaban J connectivity index is 1.59. The summed E-state index contributed by atoms with van der Waals surface area (Å²) >= 11 is 0. The van der Waals surface area contributed by atoms with Gasteiger partial charge in [0.15, 0.2) is 11.3 Å². The van der Waals surface area contributed by atoms with Gasteiger partial charge in [-0.3, -0.25) is 0 Å². The first-order valence-electron chi connectivity index (χ1n) is 12.6. The van der Waals surface area contributed by atoms with Crippen molar-refractivity contribution in [3.05, 3.63) is 120 Å². The second-order valence-electron chi connectivity index (χ2n) is 9.49. The first-order valence-corrected chi connectivity index (χ1v) is 12.6. The van der Waals surface area contributed by atoms with E-state index < -0.39 is 0 Å². The molecule has 3 heterocycles. The molecule has 0 radical (unpaired) electrons. The second kappa shape index (κ2) is 8.78. The van der Waals surface area contributed by atoms with Crippen molar-refractivity contribution in [2.45, 2.75) is 13.8 Å².